The van der Waals surface area contributed by atoms with Gasteiger partial charge < -0.3 is 14.8 Å². The van der Waals surface area contributed by atoms with Gasteiger partial charge in [0.15, 0.2) is 0 Å². The van der Waals surface area contributed by atoms with E-state index in [0.717, 1.165) is 45.6 Å². The molecule has 1 N–H and O–H groups in total. The lowest BCUT2D eigenvalue weighted by molar-refractivity contribution is -0.0233. The molecule has 0 saturated carbocycles. The monoisotopic (exact) mass is 213 g/mol. The topological polar surface area (TPSA) is 30.5 Å². The zero-order chi connectivity index (χ0) is 10.6. The van der Waals surface area contributed by atoms with Gasteiger partial charge in [0.25, 0.3) is 0 Å². The number of hydrogen-bond donors (Lipinski definition) is 1. The largest absolute Gasteiger partial charge is 0.376 e. The summed E-state index contributed by atoms with van der Waals surface area (Å²) < 4.78 is 11.8. The van der Waals surface area contributed by atoms with Gasteiger partial charge in [-0.2, -0.15) is 0 Å². The Balaban J connectivity index is 1.73. The van der Waals surface area contributed by atoms with Crippen LogP contribution in [0, 0.1) is 0 Å². The van der Waals surface area contributed by atoms with Crippen LogP contribution < -0.4 is 5.32 Å². The number of hydrogen-bond acceptors (Lipinski definition) is 3. The van der Waals surface area contributed by atoms with Crippen LogP contribution in [0.25, 0.3) is 0 Å². The third-order valence-electron chi connectivity index (χ3n) is 3.54. The maximum absolute atomic E-state index is 5.96. The molecule has 3 nitrogen and oxygen atoms in total. The number of ether oxygens (including phenoxy) is 2. The Labute approximate surface area is 92.5 Å². The summed E-state index contributed by atoms with van der Waals surface area (Å²) in [5, 5.41) is 3.38. The van der Waals surface area contributed by atoms with Crippen LogP contribution in [-0.2, 0) is 9.47 Å². The summed E-state index contributed by atoms with van der Waals surface area (Å²) in [7, 11) is 0. The van der Waals surface area contributed by atoms with E-state index in [-0.39, 0.29) is 5.60 Å². The van der Waals surface area contributed by atoms with Crippen LogP contribution in [0.1, 0.15) is 39.0 Å². The van der Waals surface area contributed by atoms with Crippen LogP contribution in [0.3, 0.4) is 0 Å². The van der Waals surface area contributed by atoms with Crippen LogP contribution in [0.4, 0.5) is 0 Å². The van der Waals surface area contributed by atoms with E-state index < -0.39 is 0 Å². The molecule has 2 aliphatic rings. The molecule has 2 fully saturated rings. The minimum atomic E-state index is 0.155. The van der Waals surface area contributed by atoms with Gasteiger partial charge in [-0.25, -0.2) is 0 Å². The number of piperidine rings is 1. The van der Waals surface area contributed by atoms with Crippen LogP contribution in [0.15, 0.2) is 0 Å². The standard InChI is InChI=1S/C12H23NO2/c1-2-3-8-14-11-9-12(15-10-11)4-6-13-7-5-12/h11,13H,2-10H2,1H3. The van der Waals surface area contributed by atoms with E-state index in [9.17, 15) is 0 Å². The van der Waals surface area contributed by atoms with Crippen molar-refractivity contribution in [3.63, 3.8) is 0 Å². The zero-order valence-corrected chi connectivity index (χ0v) is 9.76. The number of rotatable bonds is 4. The molecule has 0 radical (unpaired) electrons. The molecule has 2 rings (SSSR count). The van der Waals surface area contributed by atoms with Gasteiger partial charge in [0.1, 0.15) is 0 Å². The molecule has 1 spiro atoms. The molecular formula is C12H23NO2. The molecule has 3 heteroatoms. The smallest absolute Gasteiger partial charge is 0.0836 e. The van der Waals surface area contributed by atoms with E-state index in [1.54, 1.807) is 0 Å². The van der Waals surface area contributed by atoms with Gasteiger partial charge in [0, 0.05) is 13.0 Å². The average molecular weight is 213 g/mol. The van der Waals surface area contributed by atoms with Gasteiger partial charge in [0.2, 0.25) is 0 Å². The molecule has 0 aliphatic carbocycles. The maximum atomic E-state index is 5.96. The van der Waals surface area contributed by atoms with Crippen molar-refractivity contribution in [2.45, 2.75) is 50.7 Å². The van der Waals surface area contributed by atoms with E-state index in [4.69, 9.17) is 9.47 Å². The summed E-state index contributed by atoms with van der Waals surface area (Å²) in [6.45, 7) is 6.11. The van der Waals surface area contributed by atoms with Crippen molar-refractivity contribution in [3.05, 3.63) is 0 Å². The summed E-state index contributed by atoms with van der Waals surface area (Å²) >= 11 is 0. The third-order valence-corrected chi connectivity index (χ3v) is 3.54. The number of unbranched alkanes of at least 4 members (excludes halogenated alkanes) is 1. The molecular weight excluding hydrogens is 190 g/mol. The van der Waals surface area contributed by atoms with Crippen molar-refractivity contribution >= 4 is 0 Å². The predicted molar refractivity (Wildman–Crippen MR) is 60.1 cm³/mol. The lowest BCUT2D eigenvalue weighted by atomic mass is 9.89. The normalized spacial score (nSPS) is 29.8. The van der Waals surface area contributed by atoms with Crippen LogP contribution in [0.5, 0.6) is 0 Å². The molecule has 0 bridgehead atoms. The van der Waals surface area contributed by atoms with Gasteiger partial charge in [-0.1, -0.05) is 13.3 Å². The first-order valence-corrected chi connectivity index (χ1v) is 6.31. The molecule has 0 aromatic carbocycles. The molecule has 0 aromatic heterocycles. The molecule has 2 aliphatic heterocycles. The highest BCUT2D eigenvalue weighted by Gasteiger charge is 2.41. The van der Waals surface area contributed by atoms with Crippen molar-refractivity contribution in [1.29, 1.82) is 0 Å². The fourth-order valence-corrected chi connectivity index (χ4v) is 2.53. The van der Waals surface area contributed by atoms with Crippen molar-refractivity contribution < 1.29 is 9.47 Å². The van der Waals surface area contributed by atoms with Crippen LogP contribution in [0.2, 0.25) is 0 Å². The first-order valence-electron chi connectivity index (χ1n) is 6.31. The molecule has 2 saturated heterocycles. The Kier molecular flexibility index (Phi) is 4.00. The highest BCUT2D eigenvalue weighted by atomic mass is 16.6. The summed E-state index contributed by atoms with van der Waals surface area (Å²) in [5.41, 5.74) is 0.155. The summed E-state index contributed by atoms with van der Waals surface area (Å²) in [4.78, 5) is 0. The Morgan fingerprint density at radius 3 is 2.93 bits per heavy atom. The number of nitrogens with one attached hydrogen (secondary N) is 1. The second-order valence-corrected chi connectivity index (χ2v) is 4.79. The molecule has 88 valence electrons. The quantitative estimate of drug-likeness (QED) is 0.721. The van der Waals surface area contributed by atoms with E-state index in [2.05, 4.69) is 12.2 Å². The van der Waals surface area contributed by atoms with Crippen molar-refractivity contribution in [2.75, 3.05) is 26.3 Å². The second-order valence-electron chi connectivity index (χ2n) is 4.79. The van der Waals surface area contributed by atoms with Gasteiger partial charge in [-0.15, -0.1) is 0 Å². The molecule has 1 atom stereocenters. The predicted octanol–water partition coefficient (Wildman–Crippen LogP) is 1.71. The molecule has 1 unspecified atom stereocenters. The minimum absolute atomic E-state index is 0.155. The highest BCUT2D eigenvalue weighted by molar-refractivity contribution is 4.93. The van der Waals surface area contributed by atoms with Gasteiger partial charge >= 0.3 is 0 Å². The second kappa shape index (κ2) is 5.28. The molecule has 2 heterocycles. The van der Waals surface area contributed by atoms with E-state index >= 15 is 0 Å². The summed E-state index contributed by atoms with van der Waals surface area (Å²) in [6, 6.07) is 0. The summed E-state index contributed by atoms with van der Waals surface area (Å²) in [6.07, 6.45) is 6.16. The fourth-order valence-electron chi connectivity index (χ4n) is 2.53. The average Bonchev–Trinajstić information content (AvgIpc) is 2.63. The van der Waals surface area contributed by atoms with Gasteiger partial charge in [0.05, 0.1) is 18.3 Å². The SMILES string of the molecule is CCCCOC1COC2(CCNCC2)C1. The highest BCUT2D eigenvalue weighted by Crippen LogP contribution is 2.35. The molecule has 0 amide bonds. The summed E-state index contributed by atoms with van der Waals surface area (Å²) in [5.74, 6) is 0. The Hall–Kier alpha value is -0.120. The minimum Gasteiger partial charge on any atom is -0.376 e. The third kappa shape index (κ3) is 2.92. The van der Waals surface area contributed by atoms with E-state index in [1.807, 2.05) is 0 Å². The van der Waals surface area contributed by atoms with E-state index in [1.165, 1.54) is 12.8 Å². The Morgan fingerprint density at radius 2 is 2.20 bits per heavy atom. The first-order chi connectivity index (χ1) is 7.35. The Morgan fingerprint density at radius 1 is 1.40 bits per heavy atom. The Bertz CT molecular complexity index is 188. The van der Waals surface area contributed by atoms with Crippen molar-refractivity contribution in [2.24, 2.45) is 0 Å². The van der Waals surface area contributed by atoms with Crippen molar-refractivity contribution in [1.82, 2.24) is 5.32 Å². The van der Waals surface area contributed by atoms with Gasteiger partial charge in [-0.3, -0.25) is 0 Å². The van der Waals surface area contributed by atoms with Crippen LogP contribution >= 0.6 is 0 Å². The van der Waals surface area contributed by atoms with Crippen LogP contribution in [-0.4, -0.2) is 38.0 Å². The molecule has 0 aromatic rings. The lowest BCUT2D eigenvalue weighted by Gasteiger charge is -2.32. The zero-order valence-electron chi connectivity index (χ0n) is 9.76. The maximum Gasteiger partial charge on any atom is 0.0836 e. The lowest BCUT2D eigenvalue weighted by Crippen LogP contribution is -2.41. The fraction of sp³-hybridized carbons (Fsp3) is 1.00. The van der Waals surface area contributed by atoms with Gasteiger partial charge in [-0.05, 0) is 32.4 Å². The van der Waals surface area contributed by atoms with E-state index in [0.29, 0.717) is 6.10 Å². The molecule has 15 heavy (non-hydrogen) atoms. The van der Waals surface area contributed by atoms with Crippen molar-refractivity contribution in [3.8, 4) is 0 Å². The first kappa shape index (κ1) is 11.4.